The molecular weight excluding hydrogens is 295 g/mol. The van der Waals surface area contributed by atoms with Gasteiger partial charge in [-0.2, -0.15) is 0 Å². The van der Waals surface area contributed by atoms with E-state index in [4.69, 9.17) is 5.73 Å². The molecule has 0 saturated heterocycles. The molecule has 0 saturated carbocycles. The van der Waals surface area contributed by atoms with Crippen LogP contribution in [0.2, 0.25) is 0 Å². The largest absolute Gasteiger partial charge is 0.363 e. The molecule has 2 aromatic rings. The topological polar surface area (TPSA) is 88.0 Å². The Morgan fingerprint density at radius 3 is 2.35 bits per heavy atom. The number of nitrogens with one attached hydrogen (secondary N) is 2. The first kappa shape index (κ1) is 14.4. The van der Waals surface area contributed by atoms with Crippen LogP contribution in [-0.4, -0.2) is 13.4 Å². The van der Waals surface area contributed by atoms with E-state index in [9.17, 15) is 21.6 Å². The molecule has 0 aliphatic heterocycles. The second kappa shape index (κ2) is 5.17. The highest BCUT2D eigenvalue weighted by Crippen LogP contribution is 2.22. The first-order valence-electron chi connectivity index (χ1n) is 5.38. The lowest BCUT2D eigenvalue weighted by Crippen LogP contribution is -2.14. The van der Waals surface area contributed by atoms with E-state index in [0.29, 0.717) is 11.8 Å². The minimum absolute atomic E-state index is 0.0923. The summed E-state index contributed by atoms with van der Waals surface area (Å²) in [6.07, 6.45) is 1.16. The van der Waals surface area contributed by atoms with Gasteiger partial charge in [0, 0.05) is 30.6 Å². The summed E-state index contributed by atoms with van der Waals surface area (Å²) < 4.78 is 64.8. The number of aromatic nitrogens is 1. The van der Waals surface area contributed by atoms with Crippen molar-refractivity contribution in [2.45, 2.75) is 11.4 Å². The molecule has 108 valence electrons. The van der Waals surface area contributed by atoms with Crippen molar-refractivity contribution < 1.29 is 21.6 Å². The summed E-state index contributed by atoms with van der Waals surface area (Å²) in [5.74, 6) is -3.99. The van der Waals surface area contributed by atoms with Crippen LogP contribution >= 0.6 is 0 Å². The minimum Gasteiger partial charge on any atom is -0.363 e. The van der Waals surface area contributed by atoms with Crippen LogP contribution in [-0.2, 0) is 16.6 Å². The molecule has 0 amide bonds. The molecule has 1 aromatic carbocycles. The fraction of sp³-hybridized carbons (Fsp3) is 0.0909. The Labute approximate surface area is 112 Å². The summed E-state index contributed by atoms with van der Waals surface area (Å²) in [6, 6.07) is 1.94. The predicted octanol–water partition coefficient (Wildman–Crippen LogP) is 1.69. The SMILES string of the molecule is NCc1cc(S(=O)(=O)Nc2cc(F)c(F)cc2F)c[nH]1. The molecule has 0 spiro atoms. The van der Waals surface area contributed by atoms with Crippen LogP contribution in [0.25, 0.3) is 0 Å². The van der Waals surface area contributed by atoms with E-state index < -0.39 is 33.2 Å². The summed E-state index contributed by atoms with van der Waals surface area (Å²) in [6.45, 7) is 0.0923. The number of hydrogen-bond donors (Lipinski definition) is 3. The first-order valence-corrected chi connectivity index (χ1v) is 6.86. The van der Waals surface area contributed by atoms with Gasteiger partial charge in [0.05, 0.1) is 5.69 Å². The number of H-pyrrole nitrogens is 1. The Balaban J connectivity index is 2.35. The van der Waals surface area contributed by atoms with E-state index in [1.165, 1.54) is 6.07 Å². The molecular formula is C11H10F3N3O2S. The molecule has 0 radical (unpaired) electrons. The molecule has 0 fully saturated rings. The Kier molecular flexibility index (Phi) is 3.73. The lowest BCUT2D eigenvalue weighted by atomic mass is 10.3. The van der Waals surface area contributed by atoms with Crippen molar-refractivity contribution in [1.29, 1.82) is 0 Å². The number of halogens is 3. The zero-order valence-electron chi connectivity index (χ0n) is 9.95. The van der Waals surface area contributed by atoms with E-state index in [0.717, 1.165) is 6.20 Å². The molecule has 0 bridgehead atoms. The summed E-state index contributed by atoms with van der Waals surface area (Å²) in [7, 11) is -4.12. The highest BCUT2D eigenvalue weighted by molar-refractivity contribution is 7.92. The number of sulfonamides is 1. The maximum Gasteiger partial charge on any atom is 0.263 e. The maximum absolute atomic E-state index is 13.4. The predicted molar refractivity (Wildman–Crippen MR) is 65.8 cm³/mol. The van der Waals surface area contributed by atoms with Crippen molar-refractivity contribution in [3.05, 3.63) is 47.5 Å². The molecule has 20 heavy (non-hydrogen) atoms. The van der Waals surface area contributed by atoms with Crippen molar-refractivity contribution in [3.8, 4) is 0 Å². The van der Waals surface area contributed by atoms with E-state index in [2.05, 4.69) is 4.98 Å². The molecule has 0 aliphatic carbocycles. The van der Waals surface area contributed by atoms with Crippen LogP contribution in [0.5, 0.6) is 0 Å². The summed E-state index contributed by atoms with van der Waals surface area (Å²) in [4.78, 5) is 2.42. The standard InChI is InChI=1S/C11H10F3N3O2S/c12-8-2-10(14)11(3-9(8)13)17-20(18,19)7-1-6(4-15)16-5-7/h1-3,5,16-17H,4,15H2. The number of rotatable bonds is 4. The van der Waals surface area contributed by atoms with Gasteiger partial charge in [-0.15, -0.1) is 0 Å². The van der Waals surface area contributed by atoms with Gasteiger partial charge >= 0.3 is 0 Å². The zero-order chi connectivity index (χ0) is 14.9. The maximum atomic E-state index is 13.4. The summed E-state index contributed by atoms with van der Waals surface area (Å²) in [5.41, 5.74) is 5.10. The van der Waals surface area contributed by atoms with Gasteiger partial charge in [-0.05, 0) is 6.07 Å². The number of hydrogen-bond acceptors (Lipinski definition) is 3. The lowest BCUT2D eigenvalue weighted by molar-refractivity contribution is 0.496. The van der Waals surface area contributed by atoms with Crippen LogP contribution in [0.4, 0.5) is 18.9 Å². The van der Waals surface area contributed by atoms with Crippen molar-refractivity contribution in [3.63, 3.8) is 0 Å². The van der Waals surface area contributed by atoms with Crippen molar-refractivity contribution >= 4 is 15.7 Å². The average molecular weight is 305 g/mol. The fourth-order valence-corrected chi connectivity index (χ4v) is 2.57. The van der Waals surface area contributed by atoms with Gasteiger partial charge in [0.1, 0.15) is 10.7 Å². The van der Waals surface area contributed by atoms with E-state index in [1.54, 1.807) is 0 Å². The summed E-state index contributed by atoms with van der Waals surface area (Å²) >= 11 is 0. The van der Waals surface area contributed by atoms with E-state index in [-0.39, 0.29) is 17.5 Å². The van der Waals surface area contributed by atoms with Crippen LogP contribution in [0.1, 0.15) is 5.69 Å². The molecule has 1 aromatic heterocycles. The van der Waals surface area contributed by atoms with Gasteiger partial charge in [-0.3, -0.25) is 4.72 Å². The molecule has 1 heterocycles. The van der Waals surface area contributed by atoms with Gasteiger partial charge in [-0.25, -0.2) is 21.6 Å². The first-order chi connectivity index (χ1) is 9.33. The Morgan fingerprint density at radius 1 is 1.10 bits per heavy atom. The number of anilines is 1. The van der Waals surface area contributed by atoms with Gasteiger partial charge < -0.3 is 10.7 Å². The van der Waals surface area contributed by atoms with Crippen LogP contribution in [0, 0.1) is 17.5 Å². The number of nitrogens with two attached hydrogens (primary N) is 1. The van der Waals surface area contributed by atoms with Crippen LogP contribution < -0.4 is 10.5 Å². The lowest BCUT2D eigenvalue weighted by Gasteiger charge is -2.08. The Hall–Kier alpha value is -2.00. The van der Waals surface area contributed by atoms with Crippen molar-refractivity contribution in [2.24, 2.45) is 5.73 Å². The molecule has 0 aliphatic rings. The van der Waals surface area contributed by atoms with Gasteiger partial charge in [0.2, 0.25) is 0 Å². The highest BCUT2D eigenvalue weighted by Gasteiger charge is 2.19. The van der Waals surface area contributed by atoms with Gasteiger partial charge in [-0.1, -0.05) is 0 Å². The molecule has 2 rings (SSSR count). The molecule has 0 atom stereocenters. The average Bonchev–Trinajstić information content (AvgIpc) is 2.85. The van der Waals surface area contributed by atoms with E-state index in [1.807, 2.05) is 4.72 Å². The van der Waals surface area contributed by atoms with Crippen LogP contribution in [0.15, 0.2) is 29.3 Å². The quantitative estimate of drug-likeness (QED) is 0.751. The highest BCUT2D eigenvalue weighted by atomic mass is 32.2. The zero-order valence-corrected chi connectivity index (χ0v) is 10.8. The number of aromatic amines is 1. The third kappa shape index (κ3) is 2.78. The van der Waals surface area contributed by atoms with Gasteiger partial charge in [0.15, 0.2) is 11.6 Å². The Morgan fingerprint density at radius 2 is 1.75 bits per heavy atom. The fourth-order valence-electron chi connectivity index (χ4n) is 1.50. The normalized spacial score (nSPS) is 11.6. The van der Waals surface area contributed by atoms with Crippen molar-refractivity contribution in [1.82, 2.24) is 4.98 Å². The van der Waals surface area contributed by atoms with Crippen LogP contribution in [0.3, 0.4) is 0 Å². The van der Waals surface area contributed by atoms with E-state index >= 15 is 0 Å². The Bertz CT molecular complexity index is 743. The third-order valence-corrected chi connectivity index (χ3v) is 3.85. The molecule has 5 nitrogen and oxygen atoms in total. The smallest absolute Gasteiger partial charge is 0.263 e. The number of benzene rings is 1. The molecule has 0 unspecified atom stereocenters. The molecule has 9 heteroatoms. The second-order valence-electron chi connectivity index (χ2n) is 3.92. The third-order valence-electron chi connectivity index (χ3n) is 2.50. The monoisotopic (exact) mass is 305 g/mol. The summed E-state index contributed by atoms with van der Waals surface area (Å²) in [5, 5.41) is 0. The second-order valence-corrected chi connectivity index (χ2v) is 5.60. The molecule has 4 N–H and O–H groups in total. The van der Waals surface area contributed by atoms with Gasteiger partial charge in [0.25, 0.3) is 10.0 Å². The van der Waals surface area contributed by atoms with Crippen molar-refractivity contribution in [2.75, 3.05) is 4.72 Å². The minimum atomic E-state index is -4.12.